The Labute approximate surface area is 168 Å². The molecule has 0 unspecified atom stereocenters. The SMILES string of the molecule is CC[C@@H](C)Oc1ccccc1/C=C1/SC(=O)N(CC(=O)N2CCOCC2)C1=O. The van der Waals surface area contributed by atoms with Gasteiger partial charge >= 0.3 is 0 Å². The van der Waals surface area contributed by atoms with E-state index in [2.05, 4.69) is 0 Å². The molecule has 2 saturated heterocycles. The van der Waals surface area contributed by atoms with Gasteiger partial charge in [0.15, 0.2) is 0 Å². The van der Waals surface area contributed by atoms with Crippen molar-refractivity contribution in [2.45, 2.75) is 26.4 Å². The molecule has 0 saturated carbocycles. The van der Waals surface area contributed by atoms with Gasteiger partial charge in [0.05, 0.1) is 24.2 Å². The standard InChI is InChI=1S/C20H24N2O5S/c1-3-14(2)27-16-7-5-4-6-15(16)12-17-19(24)22(20(25)28-17)13-18(23)21-8-10-26-11-9-21/h4-7,12,14H,3,8-11,13H2,1-2H3/b17-12+/t14-/m1/s1. The maximum Gasteiger partial charge on any atom is 0.294 e. The van der Waals surface area contributed by atoms with E-state index in [9.17, 15) is 14.4 Å². The van der Waals surface area contributed by atoms with E-state index in [1.165, 1.54) is 0 Å². The number of hydrogen-bond donors (Lipinski definition) is 0. The predicted molar refractivity (Wildman–Crippen MR) is 107 cm³/mol. The molecule has 3 amide bonds. The van der Waals surface area contributed by atoms with E-state index < -0.39 is 11.1 Å². The first-order valence-corrected chi connectivity index (χ1v) is 10.2. The number of carbonyl (C=O) groups excluding carboxylic acids is 3. The van der Waals surface area contributed by atoms with Crippen molar-refractivity contribution in [2.75, 3.05) is 32.8 Å². The molecular formula is C20H24N2O5S. The van der Waals surface area contributed by atoms with Gasteiger partial charge in [-0.25, -0.2) is 0 Å². The average molecular weight is 404 g/mol. The fourth-order valence-corrected chi connectivity index (χ4v) is 3.66. The quantitative estimate of drug-likeness (QED) is 0.679. The number of carbonyl (C=O) groups is 3. The van der Waals surface area contributed by atoms with E-state index >= 15 is 0 Å². The van der Waals surface area contributed by atoms with Gasteiger partial charge in [0, 0.05) is 18.7 Å². The van der Waals surface area contributed by atoms with Crippen molar-refractivity contribution in [3.05, 3.63) is 34.7 Å². The van der Waals surface area contributed by atoms with Gasteiger partial charge in [0.2, 0.25) is 5.91 Å². The van der Waals surface area contributed by atoms with Gasteiger partial charge in [-0.2, -0.15) is 0 Å². The van der Waals surface area contributed by atoms with Gasteiger partial charge < -0.3 is 14.4 Å². The number of nitrogens with zero attached hydrogens (tertiary/aromatic N) is 2. The number of para-hydroxylation sites is 1. The fraction of sp³-hybridized carbons (Fsp3) is 0.450. The van der Waals surface area contributed by atoms with Crippen molar-refractivity contribution in [1.82, 2.24) is 9.80 Å². The zero-order chi connectivity index (χ0) is 20.1. The van der Waals surface area contributed by atoms with Crippen LogP contribution in [0.1, 0.15) is 25.8 Å². The Morgan fingerprint density at radius 1 is 1.29 bits per heavy atom. The maximum atomic E-state index is 12.7. The van der Waals surface area contributed by atoms with Gasteiger partial charge in [-0.3, -0.25) is 19.3 Å². The molecule has 1 aromatic carbocycles. The molecular weight excluding hydrogens is 380 g/mol. The van der Waals surface area contributed by atoms with Gasteiger partial charge in [-0.05, 0) is 37.2 Å². The minimum Gasteiger partial charge on any atom is -0.490 e. The minimum absolute atomic E-state index is 0.0377. The highest BCUT2D eigenvalue weighted by molar-refractivity contribution is 8.18. The summed E-state index contributed by atoms with van der Waals surface area (Å²) < 4.78 is 11.1. The topological polar surface area (TPSA) is 76.2 Å². The fourth-order valence-electron chi connectivity index (χ4n) is 2.83. The van der Waals surface area contributed by atoms with Gasteiger partial charge in [-0.1, -0.05) is 25.1 Å². The summed E-state index contributed by atoms with van der Waals surface area (Å²) in [6.45, 7) is 5.66. The van der Waals surface area contributed by atoms with E-state index in [4.69, 9.17) is 9.47 Å². The molecule has 0 aromatic heterocycles. The zero-order valence-electron chi connectivity index (χ0n) is 16.1. The molecule has 0 bridgehead atoms. The second-order valence-electron chi connectivity index (χ2n) is 6.64. The number of imide groups is 1. The molecule has 2 heterocycles. The van der Waals surface area contributed by atoms with Crippen LogP contribution in [-0.4, -0.2) is 65.8 Å². The van der Waals surface area contributed by atoms with Crippen LogP contribution in [0, 0.1) is 0 Å². The zero-order valence-corrected chi connectivity index (χ0v) is 16.9. The molecule has 0 aliphatic carbocycles. The van der Waals surface area contributed by atoms with Crippen molar-refractivity contribution >= 4 is 34.9 Å². The Morgan fingerprint density at radius 2 is 2.00 bits per heavy atom. The molecule has 7 nitrogen and oxygen atoms in total. The van der Waals surface area contributed by atoms with Crippen molar-refractivity contribution in [3.8, 4) is 5.75 Å². The first-order valence-electron chi connectivity index (χ1n) is 9.36. The number of thioether (sulfide) groups is 1. The third-order valence-electron chi connectivity index (χ3n) is 4.64. The molecule has 28 heavy (non-hydrogen) atoms. The van der Waals surface area contributed by atoms with Crippen molar-refractivity contribution < 1.29 is 23.9 Å². The molecule has 2 aliphatic heterocycles. The molecule has 3 rings (SSSR count). The third kappa shape index (κ3) is 4.74. The second-order valence-corrected chi connectivity index (χ2v) is 7.63. The maximum absolute atomic E-state index is 12.7. The number of amides is 3. The Balaban J connectivity index is 1.73. The van der Waals surface area contributed by atoms with E-state index in [-0.39, 0.29) is 18.6 Å². The van der Waals surface area contributed by atoms with E-state index in [1.807, 2.05) is 38.1 Å². The minimum atomic E-state index is -0.449. The normalized spacial score (nSPS) is 20.0. The van der Waals surface area contributed by atoms with Crippen LogP contribution in [-0.2, 0) is 14.3 Å². The van der Waals surface area contributed by atoms with Crippen LogP contribution in [0.3, 0.4) is 0 Å². The Kier molecular flexibility index (Phi) is 6.74. The van der Waals surface area contributed by atoms with Gasteiger partial charge in [-0.15, -0.1) is 0 Å². The summed E-state index contributed by atoms with van der Waals surface area (Å²) in [5.41, 5.74) is 0.729. The van der Waals surface area contributed by atoms with Crippen molar-refractivity contribution in [3.63, 3.8) is 0 Å². The lowest BCUT2D eigenvalue weighted by molar-refractivity contribution is -0.139. The van der Waals surface area contributed by atoms with Crippen LogP contribution < -0.4 is 4.74 Å². The molecule has 1 aromatic rings. The summed E-state index contributed by atoms with van der Waals surface area (Å²) in [5.74, 6) is -0.0321. The van der Waals surface area contributed by atoms with E-state index in [0.29, 0.717) is 37.0 Å². The Hall–Kier alpha value is -2.32. The van der Waals surface area contributed by atoms with E-state index in [1.54, 1.807) is 11.0 Å². The molecule has 0 radical (unpaired) electrons. The van der Waals surface area contributed by atoms with Crippen LogP contribution >= 0.6 is 11.8 Å². The lowest BCUT2D eigenvalue weighted by Crippen LogP contribution is -2.46. The third-order valence-corrected chi connectivity index (χ3v) is 5.55. The van der Waals surface area contributed by atoms with Crippen molar-refractivity contribution in [1.29, 1.82) is 0 Å². The Bertz CT molecular complexity index is 789. The first-order chi connectivity index (χ1) is 13.5. The highest BCUT2D eigenvalue weighted by Gasteiger charge is 2.37. The summed E-state index contributed by atoms with van der Waals surface area (Å²) in [6, 6.07) is 7.39. The molecule has 0 spiro atoms. The van der Waals surface area contributed by atoms with Crippen LogP contribution in [0.15, 0.2) is 29.2 Å². The highest BCUT2D eigenvalue weighted by atomic mass is 32.2. The van der Waals surface area contributed by atoms with Crippen LogP contribution in [0.4, 0.5) is 4.79 Å². The lowest BCUT2D eigenvalue weighted by Gasteiger charge is -2.28. The Morgan fingerprint density at radius 3 is 2.71 bits per heavy atom. The monoisotopic (exact) mass is 404 g/mol. The second kappa shape index (κ2) is 9.25. The van der Waals surface area contributed by atoms with Crippen LogP contribution in [0.2, 0.25) is 0 Å². The summed E-state index contributed by atoms with van der Waals surface area (Å²) in [5, 5.41) is -0.432. The van der Waals surface area contributed by atoms with Crippen molar-refractivity contribution in [2.24, 2.45) is 0 Å². The predicted octanol–water partition coefficient (Wildman–Crippen LogP) is 2.76. The van der Waals surface area contributed by atoms with Gasteiger partial charge in [0.1, 0.15) is 12.3 Å². The van der Waals surface area contributed by atoms with Crippen LogP contribution in [0.25, 0.3) is 6.08 Å². The number of benzene rings is 1. The number of ether oxygens (including phenoxy) is 2. The average Bonchev–Trinajstić information content (AvgIpc) is 2.97. The first kappa shape index (κ1) is 20.4. The summed E-state index contributed by atoms with van der Waals surface area (Å²) in [7, 11) is 0. The summed E-state index contributed by atoms with van der Waals surface area (Å²) in [4.78, 5) is 40.3. The molecule has 2 aliphatic rings. The molecule has 1 atom stereocenters. The summed E-state index contributed by atoms with van der Waals surface area (Å²) in [6.07, 6.45) is 2.55. The highest BCUT2D eigenvalue weighted by Crippen LogP contribution is 2.34. The summed E-state index contributed by atoms with van der Waals surface area (Å²) >= 11 is 0.846. The molecule has 0 N–H and O–H groups in total. The largest absolute Gasteiger partial charge is 0.490 e. The number of rotatable bonds is 6. The van der Waals surface area contributed by atoms with Crippen LogP contribution in [0.5, 0.6) is 5.75 Å². The number of hydrogen-bond acceptors (Lipinski definition) is 6. The molecule has 8 heteroatoms. The number of morpholine rings is 1. The molecule has 2 fully saturated rings. The lowest BCUT2D eigenvalue weighted by atomic mass is 10.1. The smallest absolute Gasteiger partial charge is 0.294 e. The van der Waals surface area contributed by atoms with Gasteiger partial charge in [0.25, 0.3) is 11.1 Å². The van der Waals surface area contributed by atoms with E-state index in [0.717, 1.165) is 28.6 Å². The molecule has 150 valence electrons.